The third-order valence-corrected chi connectivity index (χ3v) is 4.27. The van der Waals surface area contributed by atoms with Crippen molar-refractivity contribution < 1.29 is 14.6 Å². The van der Waals surface area contributed by atoms with E-state index in [1.165, 1.54) is 0 Å². The van der Waals surface area contributed by atoms with E-state index in [-0.39, 0.29) is 5.75 Å². The molecule has 0 aliphatic carbocycles. The number of phenolic OH excluding ortho intramolecular Hbond substituents is 1. The minimum absolute atomic E-state index is 0.156. The second kappa shape index (κ2) is 9.36. The van der Waals surface area contributed by atoms with E-state index in [2.05, 4.69) is 21.6 Å². The molecule has 0 amide bonds. The second-order valence-electron chi connectivity index (χ2n) is 6.27. The van der Waals surface area contributed by atoms with Gasteiger partial charge in [0, 0.05) is 38.5 Å². The summed E-state index contributed by atoms with van der Waals surface area (Å²) in [5.41, 5.74) is 3.21. The van der Waals surface area contributed by atoms with Gasteiger partial charge in [0.25, 0.3) is 0 Å². The van der Waals surface area contributed by atoms with Crippen LogP contribution in [0.15, 0.2) is 46.5 Å². The highest BCUT2D eigenvalue weighted by Crippen LogP contribution is 2.24. The van der Waals surface area contributed by atoms with Gasteiger partial charge < -0.3 is 14.6 Å². The van der Waals surface area contributed by atoms with E-state index in [0.717, 1.165) is 43.2 Å². The zero-order chi connectivity index (χ0) is 19.1. The topological polar surface area (TPSA) is 79.5 Å². The Morgan fingerprint density at radius 3 is 2.85 bits per heavy atom. The summed E-state index contributed by atoms with van der Waals surface area (Å²) in [4.78, 5) is 15.6. The number of benzene rings is 1. The Morgan fingerprint density at radius 1 is 1.33 bits per heavy atom. The number of aromatic nitrogens is 1. The van der Waals surface area contributed by atoms with Crippen molar-refractivity contribution >= 4 is 18.2 Å². The van der Waals surface area contributed by atoms with Gasteiger partial charge in [0.1, 0.15) is 5.75 Å². The summed E-state index contributed by atoms with van der Waals surface area (Å²) < 4.78 is 10.6. The van der Waals surface area contributed by atoms with Gasteiger partial charge in [0.2, 0.25) is 0 Å². The smallest absolute Gasteiger partial charge is 0.159 e. The summed E-state index contributed by atoms with van der Waals surface area (Å²) >= 11 is 0. The fourth-order valence-electron chi connectivity index (χ4n) is 2.91. The number of aliphatic imine (C=N–C) groups is 2. The lowest BCUT2D eigenvalue weighted by Crippen LogP contribution is -2.35. The average molecular weight is 368 g/mol. The van der Waals surface area contributed by atoms with Gasteiger partial charge in [0.05, 0.1) is 31.2 Å². The molecule has 27 heavy (non-hydrogen) atoms. The van der Waals surface area contributed by atoms with Crippen LogP contribution in [-0.2, 0) is 22.6 Å². The van der Waals surface area contributed by atoms with Crippen molar-refractivity contribution in [2.75, 3.05) is 33.4 Å². The first kappa shape index (κ1) is 19.2. The molecule has 1 aliphatic heterocycles. The van der Waals surface area contributed by atoms with Gasteiger partial charge in [-0.3, -0.25) is 9.88 Å². The monoisotopic (exact) mass is 368 g/mol. The number of nitrogens with zero attached hydrogens (tertiary/aromatic N) is 4. The zero-order valence-electron chi connectivity index (χ0n) is 15.5. The van der Waals surface area contributed by atoms with Crippen LogP contribution in [0.3, 0.4) is 0 Å². The quantitative estimate of drug-likeness (QED) is 0.626. The Balaban J connectivity index is 1.96. The van der Waals surface area contributed by atoms with Gasteiger partial charge in [-0.2, -0.15) is 0 Å². The summed E-state index contributed by atoms with van der Waals surface area (Å²) in [6.07, 6.45) is 1.81. The molecule has 1 aliphatic rings. The van der Waals surface area contributed by atoms with Crippen LogP contribution in [0.1, 0.15) is 16.8 Å². The number of morpholine rings is 1. The molecule has 0 unspecified atom stereocenters. The summed E-state index contributed by atoms with van der Waals surface area (Å²) in [5.74, 6) is 0.592. The van der Waals surface area contributed by atoms with Gasteiger partial charge in [-0.15, -0.1) is 0 Å². The molecule has 0 spiro atoms. The van der Waals surface area contributed by atoms with Gasteiger partial charge in [-0.1, -0.05) is 12.1 Å². The maximum absolute atomic E-state index is 9.74. The first-order chi connectivity index (χ1) is 13.2. The van der Waals surface area contributed by atoms with E-state index < -0.39 is 0 Å². The molecule has 2 heterocycles. The van der Waals surface area contributed by atoms with Crippen LogP contribution in [0.4, 0.5) is 5.69 Å². The average Bonchev–Trinajstić information content (AvgIpc) is 2.69. The highest BCUT2D eigenvalue weighted by Gasteiger charge is 2.15. The summed E-state index contributed by atoms with van der Waals surface area (Å²) in [6.45, 7) is 7.95. The molecule has 0 atom stereocenters. The van der Waals surface area contributed by atoms with E-state index in [0.29, 0.717) is 24.6 Å². The molecule has 1 N–H and O–H groups in total. The summed E-state index contributed by atoms with van der Waals surface area (Å²) in [5, 5.41) is 9.74. The van der Waals surface area contributed by atoms with E-state index in [4.69, 9.17) is 14.5 Å². The van der Waals surface area contributed by atoms with Crippen molar-refractivity contribution in [2.24, 2.45) is 9.98 Å². The predicted molar refractivity (Wildman–Crippen MR) is 105 cm³/mol. The van der Waals surface area contributed by atoms with Crippen molar-refractivity contribution in [3.05, 3.63) is 53.3 Å². The summed E-state index contributed by atoms with van der Waals surface area (Å²) in [7, 11) is 1.65. The largest absolute Gasteiger partial charge is 0.508 e. The van der Waals surface area contributed by atoms with E-state index in [1.807, 2.05) is 18.3 Å². The normalized spacial score (nSPS) is 15.7. The number of phenols is 1. The third-order valence-electron chi connectivity index (χ3n) is 4.27. The number of methoxy groups -OCH3 is 1. The number of rotatable bonds is 6. The van der Waals surface area contributed by atoms with Crippen LogP contribution >= 0.6 is 0 Å². The van der Waals surface area contributed by atoms with Crippen LogP contribution in [0.5, 0.6) is 5.75 Å². The molecule has 1 aromatic heterocycles. The Bertz CT molecular complexity index is 817. The molecule has 2 aromatic rings. The highest BCUT2D eigenvalue weighted by molar-refractivity contribution is 6.03. The van der Waals surface area contributed by atoms with Crippen LogP contribution in [-0.4, -0.2) is 61.0 Å². The molecule has 0 radical (unpaired) electrons. The standard InChI is InChI=1S/C20H24N4O3/c1-21-20(16-4-3-5-17(25)11-16)23-18-10-15(14-26-2)12-22-19(18)13-24-6-8-27-9-7-24/h3-5,10-12,25H,1,6-9,13-14H2,2H3. The number of ether oxygens (including phenoxy) is 2. The fourth-order valence-corrected chi connectivity index (χ4v) is 2.91. The predicted octanol–water partition coefficient (Wildman–Crippen LogP) is 2.54. The first-order valence-electron chi connectivity index (χ1n) is 8.81. The van der Waals surface area contributed by atoms with Gasteiger partial charge >= 0.3 is 0 Å². The van der Waals surface area contributed by atoms with Gasteiger partial charge in [-0.25, -0.2) is 9.98 Å². The fraction of sp³-hybridized carbons (Fsp3) is 0.350. The maximum atomic E-state index is 9.74. The van der Waals surface area contributed by atoms with Gasteiger partial charge in [0.15, 0.2) is 5.84 Å². The second-order valence-corrected chi connectivity index (χ2v) is 6.27. The number of pyridine rings is 1. The molecule has 1 fully saturated rings. The van der Waals surface area contributed by atoms with Crippen molar-refractivity contribution in [1.82, 2.24) is 9.88 Å². The highest BCUT2D eigenvalue weighted by atomic mass is 16.5. The Labute approximate surface area is 159 Å². The lowest BCUT2D eigenvalue weighted by molar-refractivity contribution is 0.0337. The number of amidine groups is 1. The molecule has 1 saturated heterocycles. The SMILES string of the molecule is C=NC(=Nc1cc(COC)cnc1CN1CCOCC1)c1cccc(O)c1. The minimum Gasteiger partial charge on any atom is -0.508 e. The molecule has 0 bridgehead atoms. The zero-order valence-corrected chi connectivity index (χ0v) is 15.5. The van der Waals surface area contributed by atoms with Crippen molar-refractivity contribution in [3.63, 3.8) is 0 Å². The maximum Gasteiger partial charge on any atom is 0.159 e. The Hall–Kier alpha value is -2.61. The number of hydrogen-bond donors (Lipinski definition) is 1. The third kappa shape index (κ3) is 5.19. The van der Waals surface area contributed by atoms with E-state index in [9.17, 15) is 5.11 Å². The Kier molecular flexibility index (Phi) is 6.64. The Morgan fingerprint density at radius 2 is 2.15 bits per heavy atom. The van der Waals surface area contributed by atoms with E-state index >= 15 is 0 Å². The molecule has 3 rings (SSSR count). The minimum atomic E-state index is 0.156. The number of aromatic hydroxyl groups is 1. The molecule has 142 valence electrons. The van der Waals surface area contributed by atoms with Crippen LogP contribution < -0.4 is 0 Å². The molecule has 7 heteroatoms. The van der Waals surface area contributed by atoms with Gasteiger partial charge in [-0.05, 0) is 30.5 Å². The number of hydrogen-bond acceptors (Lipinski definition) is 6. The summed E-state index contributed by atoms with van der Waals surface area (Å²) in [6, 6.07) is 8.76. The first-order valence-corrected chi connectivity index (χ1v) is 8.81. The van der Waals surface area contributed by atoms with Crippen molar-refractivity contribution in [3.8, 4) is 5.75 Å². The van der Waals surface area contributed by atoms with Crippen LogP contribution in [0.2, 0.25) is 0 Å². The lowest BCUT2D eigenvalue weighted by atomic mass is 10.1. The molecule has 0 saturated carbocycles. The van der Waals surface area contributed by atoms with Crippen LogP contribution in [0, 0.1) is 0 Å². The van der Waals surface area contributed by atoms with Crippen molar-refractivity contribution in [1.29, 1.82) is 0 Å². The molecular formula is C20H24N4O3. The van der Waals surface area contributed by atoms with Crippen LogP contribution in [0.25, 0.3) is 0 Å². The molecule has 7 nitrogen and oxygen atoms in total. The van der Waals surface area contributed by atoms with Crippen molar-refractivity contribution in [2.45, 2.75) is 13.2 Å². The van der Waals surface area contributed by atoms with E-state index in [1.54, 1.807) is 25.3 Å². The molecular weight excluding hydrogens is 344 g/mol. The lowest BCUT2D eigenvalue weighted by Gasteiger charge is -2.26. The molecule has 1 aromatic carbocycles.